The number of aromatic nitrogens is 4. The zero-order valence-electron chi connectivity index (χ0n) is 18.9. The number of nitrogens with zero attached hydrogens (tertiary/aromatic N) is 4. The predicted octanol–water partition coefficient (Wildman–Crippen LogP) is -1.31. The molecule has 2 aromatic rings. The second kappa shape index (κ2) is 14.0. The zero-order chi connectivity index (χ0) is 26.8. The van der Waals surface area contributed by atoms with Crippen LogP contribution in [0.2, 0.25) is 0 Å². The summed E-state index contributed by atoms with van der Waals surface area (Å²) in [5.74, 6) is -2.17. The minimum atomic E-state index is -1.82. The molecule has 2 aromatic heterocycles. The number of nitrogen functional groups attached to an aromatic ring is 1. The summed E-state index contributed by atoms with van der Waals surface area (Å²) >= 11 is 2.97. The molecule has 0 aromatic carbocycles. The maximum absolute atomic E-state index is 11.5. The molecular weight excluding hydrogens is 522 g/mol. The second-order valence-corrected chi connectivity index (χ2v) is 9.37. The molecule has 6 N–H and O–H groups in total. The van der Waals surface area contributed by atoms with Crippen molar-refractivity contribution >= 4 is 41.3 Å². The van der Waals surface area contributed by atoms with Crippen LogP contribution in [0.25, 0.3) is 0 Å². The van der Waals surface area contributed by atoms with E-state index in [4.69, 9.17) is 45.2 Å². The van der Waals surface area contributed by atoms with Crippen LogP contribution >= 0.6 is 23.5 Å². The van der Waals surface area contributed by atoms with Crippen molar-refractivity contribution in [2.24, 2.45) is 0 Å². The fourth-order valence-corrected chi connectivity index (χ4v) is 4.59. The summed E-state index contributed by atoms with van der Waals surface area (Å²) in [6.45, 7) is 1.68. The average Bonchev–Trinajstić information content (AvgIpc) is 3.49. The predicted molar refractivity (Wildman–Crippen MR) is 128 cm³/mol. The van der Waals surface area contributed by atoms with E-state index in [0.29, 0.717) is 17.2 Å². The fourth-order valence-electron chi connectivity index (χ4n) is 2.73. The Kier molecular flexibility index (Phi) is 11.3. The van der Waals surface area contributed by atoms with Crippen LogP contribution in [0.4, 0.5) is 5.82 Å². The van der Waals surface area contributed by atoms with Crippen LogP contribution in [-0.2, 0) is 19.1 Å². The highest BCUT2D eigenvalue weighted by Crippen LogP contribution is 2.31. The first kappa shape index (κ1) is 29.3. The number of ether oxygens (including phenoxy) is 2. The van der Waals surface area contributed by atoms with Crippen molar-refractivity contribution in [2.45, 2.75) is 30.3 Å². The van der Waals surface area contributed by atoms with Gasteiger partial charge < -0.3 is 35.6 Å². The van der Waals surface area contributed by atoms with Crippen molar-refractivity contribution in [1.29, 1.82) is 0 Å². The number of carboxylic acids is 2. The lowest BCUT2D eigenvalue weighted by Crippen LogP contribution is -2.28. The third kappa shape index (κ3) is 8.61. The van der Waals surface area contributed by atoms with Gasteiger partial charge in [-0.15, -0.1) is 23.5 Å². The monoisotopic (exact) mass is 547 g/mol. The smallest absolute Gasteiger partial charge is 0.414 e. The van der Waals surface area contributed by atoms with Gasteiger partial charge in [0.1, 0.15) is 29.1 Å². The van der Waals surface area contributed by atoms with Gasteiger partial charge in [0, 0.05) is 29.6 Å². The molecule has 0 amide bonds. The number of aliphatic carboxylic acids is 2. The molecule has 17 heteroatoms. The van der Waals surface area contributed by atoms with Gasteiger partial charge in [0.25, 0.3) is 0 Å². The first-order valence-electron chi connectivity index (χ1n) is 10.2. The zero-order valence-corrected chi connectivity index (χ0v) is 20.5. The van der Waals surface area contributed by atoms with E-state index in [-0.39, 0.29) is 48.0 Å². The SMILES string of the molecule is Cc1ccn([C@@H]2CS[C@H](CO)O2)c(=O)n1.Nc1ccn([C@@H]2CS[C@H](CO)O2)c(=O)n1.O=C(O)C(=O)O. The normalized spacial score (nSPS) is 22.6. The Bertz CT molecular complexity index is 1070. The summed E-state index contributed by atoms with van der Waals surface area (Å²) in [7, 11) is 0. The topological polar surface area (TPSA) is 229 Å². The van der Waals surface area contributed by atoms with E-state index < -0.39 is 17.6 Å². The molecule has 2 saturated heterocycles. The van der Waals surface area contributed by atoms with Crippen LogP contribution in [0.3, 0.4) is 0 Å². The van der Waals surface area contributed by atoms with Crippen molar-refractivity contribution < 1.29 is 39.5 Å². The molecule has 4 heterocycles. The van der Waals surface area contributed by atoms with E-state index in [9.17, 15) is 9.59 Å². The van der Waals surface area contributed by atoms with E-state index in [1.54, 1.807) is 31.5 Å². The fraction of sp³-hybridized carbons (Fsp3) is 0.474. The second-order valence-electron chi connectivity index (χ2n) is 6.98. The number of rotatable bonds is 4. The minimum Gasteiger partial charge on any atom is -0.473 e. The molecule has 36 heavy (non-hydrogen) atoms. The van der Waals surface area contributed by atoms with Crippen LogP contribution in [0.1, 0.15) is 18.1 Å². The molecule has 0 radical (unpaired) electrons. The van der Waals surface area contributed by atoms with E-state index in [2.05, 4.69) is 9.97 Å². The molecule has 0 unspecified atom stereocenters. The number of aryl methyl sites for hydroxylation is 1. The quantitative estimate of drug-likeness (QED) is 0.280. The molecule has 4 atom stereocenters. The van der Waals surface area contributed by atoms with E-state index >= 15 is 0 Å². The first-order chi connectivity index (χ1) is 17.0. The molecule has 0 saturated carbocycles. The lowest BCUT2D eigenvalue weighted by molar-refractivity contribution is -0.159. The molecular formula is C19H25N5O10S2. The lowest BCUT2D eigenvalue weighted by atomic mass is 10.4. The van der Waals surface area contributed by atoms with Gasteiger partial charge in [0.05, 0.1) is 13.2 Å². The van der Waals surface area contributed by atoms with Crippen molar-refractivity contribution in [1.82, 2.24) is 19.1 Å². The van der Waals surface area contributed by atoms with Gasteiger partial charge in [-0.25, -0.2) is 19.2 Å². The highest BCUT2D eigenvalue weighted by molar-refractivity contribution is 8.00. The molecule has 2 aliphatic heterocycles. The molecule has 2 fully saturated rings. The van der Waals surface area contributed by atoms with Crippen LogP contribution in [0.5, 0.6) is 0 Å². The van der Waals surface area contributed by atoms with Crippen LogP contribution in [0, 0.1) is 6.92 Å². The van der Waals surface area contributed by atoms with E-state index in [1.807, 2.05) is 0 Å². The Morgan fingerprint density at radius 3 is 1.75 bits per heavy atom. The number of aliphatic hydroxyl groups is 2. The Labute approximate surface area is 211 Å². The third-order valence-corrected chi connectivity index (χ3v) is 6.61. The largest absolute Gasteiger partial charge is 0.473 e. The molecule has 4 rings (SSSR count). The number of hydrogen-bond acceptors (Lipinski definition) is 13. The number of anilines is 1. The molecule has 15 nitrogen and oxygen atoms in total. The summed E-state index contributed by atoms with van der Waals surface area (Å²) < 4.78 is 13.7. The van der Waals surface area contributed by atoms with Crippen molar-refractivity contribution in [3.63, 3.8) is 0 Å². The average molecular weight is 548 g/mol. The highest BCUT2D eigenvalue weighted by Gasteiger charge is 2.28. The number of aliphatic hydroxyl groups excluding tert-OH is 2. The lowest BCUT2D eigenvalue weighted by Gasteiger charge is -2.13. The van der Waals surface area contributed by atoms with E-state index in [0.717, 1.165) is 0 Å². The summed E-state index contributed by atoms with van der Waals surface area (Å²) in [6, 6.07) is 3.31. The van der Waals surface area contributed by atoms with Crippen molar-refractivity contribution in [3.05, 3.63) is 51.2 Å². The van der Waals surface area contributed by atoms with Crippen LogP contribution < -0.4 is 17.1 Å². The Balaban J connectivity index is 0.000000208. The maximum atomic E-state index is 11.5. The Morgan fingerprint density at radius 2 is 1.39 bits per heavy atom. The van der Waals surface area contributed by atoms with Gasteiger partial charge in [-0.3, -0.25) is 9.13 Å². The number of thioether (sulfide) groups is 2. The van der Waals surface area contributed by atoms with Crippen molar-refractivity contribution in [2.75, 3.05) is 30.5 Å². The van der Waals surface area contributed by atoms with Gasteiger partial charge in [-0.2, -0.15) is 9.97 Å². The number of hydrogen-bond donors (Lipinski definition) is 5. The number of nitrogens with two attached hydrogens (primary N) is 1. The summed E-state index contributed by atoms with van der Waals surface area (Å²) in [5, 5.41) is 32.6. The summed E-state index contributed by atoms with van der Waals surface area (Å²) in [4.78, 5) is 48.6. The molecule has 2 aliphatic rings. The standard InChI is InChI=1S/C9H12N2O3S.C8H11N3O3S.C2H2O4/c1-6-2-3-11(9(13)10-6)7-5-15-8(4-12)14-7;9-5-1-2-11(8(13)10-5)6-4-15-7(3-12)14-6;3-1(4)2(5)6/h2-3,7-8,12H,4-5H2,1H3;1-2,6-7,12H,3-4H2,(H2,9,10,13);(H,3,4)(H,5,6)/t7-,8+;6-,7+;/m00./s1. The Morgan fingerprint density at radius 1 is 0.944 bits per heavy atom. The van der Waals surface area contributed by atoms with Gasteiger partial charge in [-0.1, -0.05) is 0 Å². The van der Waals surface area contributed by atoms with Gasteiger partial charge in [0.2, 0.25) is 0 Å². The molecule has 0 spiro atoms. The molecule has 0 aliphatic carbocycles. The minimum absolute atomic E-state index is 0.0325. The first-order valence-corrected chi connectivity index (χ1v) is 12.3. The maximum Gasteiger partial charge on any atom is 0.414 e. The Hall–Kier alpha value is -2.96. The van der Waals surface area contributed by atoms with Crippen LogP contribution in [-0.4, -0.2) is 87.1 Å². The van der Waals surface area contributed by atoms with Gasteiger partial charge >= 0.3 is 23.3 Å². The van der Waals surface area contributed by atoms with Crippen molar-refractivity contribution in [3.8, 4) is 0 Å². The molecule has 0 bridgehead atoms. The third-order valence-electron chi connectivity index (χ3n) is 4.39. The summed E-state index contributed by atoms with van der Waals surface area (Å²) in [6.07, 6.45) is 2.55. The van der Waals surface area contributed by atoms with Gasteiger partial charge in [-0.05, 0) is 19.1 Å². The van der Waals surface area contributed by atoms with E-state index in [1.165, 1.54) is 32.7 Å². The molecule has 198 valence electrons. The van der Waals surface area contributed by atoms with Gasteiger partial charge in [0.15, 0.2) is 0 Å². The van der Waals surface area contributed by atoms with Crippen LogP contribution in [0.15, 0.2) is 34.1 Å². The number of carboxylic acid groups (broad SMARTS) is 2. The highest BCUT2D eigenvalue weighted by atomic mass is 32.2. The summed E-state index contributed by atoms with van der Waals surface area (Å²) in [5.41, 5.74) is 4.83. The number of carbonyl (C=O) groups is 2.